The first-order chi connectivity index (χ1) is 9.99. The van der Waals surface area contributed by atoms with Gasteiger partial charge in [0.15, 0.2) is 0 Å². The molecule has 0 aliphatic heterocycles. The number of rotatable bonds is 6. The fourth-order valence-corrected chi connectivity index (χ4v) is 1.48. The highest BCUT2D eigenvalue weighted by Crippen LogP contribution is 2.14. The summed E-state index contributed by atoms with van der Waals surface area (Å²) >= 11 is 0. The van der Waals surface area contributed by atoms with E-state index in [9.17, 15) is 19.8 Å². The summed E-state index contributed by atoms with van der Waals surface area (Å²) in [5.74, 6) is -1.45. The Morgan fingerprint density at radius 3 is 1.45 bits per heavy atom. The first kappa shape index (κ1) is 18.1. The van der Waals surface area contributed by atoms with E-state index in [-0.39, 0.29) is 24.3 Å². The number of hydrogen-bond acceptors (Lipinski definition) is 6. The van der Waals surface area contributed by atoms with Crippen molar-refractivity contribution in [2.75, 3.05) is 13.2 Å². The van der Waals surface area contributed by atoms with Gasteiger partial charge in [-0.05, 0) is 39.8 Å². The van der Waals surface area contributed by atoms with Crippen LogP contribution in [0.1, 0.15) is 48.4 Å². The quantitative estimate of drug-likeness (QED) is 0.774. The second-order valence-corrected chi connectivity index (χ2v) is 6.32. The Balaban J connectivity index is 2.85. The summed E-state index contributed by atoms with van der Waals surface area (Å²) in [7, 11) is 0. The summed E-state index contributed by atoms with van der Waals surface area (Å²) in [6, 6.07) is 6.06. The van der Waals surface area contributed by atoms with Crippen molar-refractivity contribution in [3.05, 3.63) is 35.4 Å². The number of aliphatic hydroxyl groups is 2. The summed E-state index contributed by atoms with van der Waals surface area (Å²) in [6.45, 7) is 5.62. The van der Waals surface area contributed by atoms with Gasteiger partial charge < -0.3 is 19.7 Å². The highest BCUT2D eigenvalue weighted by Gasteiger charge is 2.23. The monoisotopic (exact) mass is 310 g/mol. The van der Waals surface area contributed by atoms with Gasteiger partial charge in [-0.15, -0.1) is 0 Å². The highest BCUT2D eigenvalue weighted by atomic mass is 16.5. The predicted octanol–water partition coefficient (Wildman–Crippen LogP) is 1.54. The standard InChI is InChI=1S/C16H22O6/c1-15(2,19)9-21-13(17)11-7-5-6-8-12(11)14(18)22-10-16(3,4)20/h5-8,19-20H,9-10H2,1-4H3. The summed E-state index contributed by atoms with van der Waals surface area (Å²) in [6.07, 6.45) is 0. The number of ether oxygens (including phenoxy) is 2. The molecular formula is C16H22O6. The Bertz CT molecular complexity index is 487. The normalized spacial score (nSPS) is 11.9. The molecule has 0 atom stereocenters. The van der Waals surface area contributed by atoms with Gasteiger partial charge in [0, 0.05) is 0 Å². The molecule has 2 N–H and O–H groups in total. The van der Waals surface area contributed by atoms with Gasteiger partial charge in [-0.1, -0.05) is 12.1 Å². The molecule has 1 aromatic rings. The number of carbonyl (C=O) groups is 2. The molecule has 0 aliphatic carbocycles. The Hall–Kier alpha value is -1.92. The van der Waals surface area contributed by atoms with Gasteiger partial charge in [0.2, 0.25) is 0 Å². The van der Waals surface area contributed by atoms with Crippen LogP contribution in [0.3, 0.4) is 0 Å². The molecule has 0 saturated carbocycles. The van der Waals surface area contributed by atoms with E-state index in [0.29, 0.717) is 0 Å². The van der Waals surface area contributed by atoms with Crippen LogP contribution in [-0.2, 0) is 9.47 Å². The van der Waals surface area contributed by atoms with E-state index in [1.807, 2.05) is 0 Å². The molecule has 0 aromatic heterocycles. The van der Waals surface area contributed by atoms with Crippen LogP contribution in [0.25, 0.3) is 0 Å². The van der Waals surface area contributed by atoms with Crippen LogP contribution in [0.5, 0.6) is 0 Å². The maximum absolute atomic E-state index is 12.0. The summed E-state index contributed by atoms with van der Waals surface area (Å²) in [5.41, 5.74) is -2.22. The van der Waals surface area contributed by atoms with Crippen molar-refractivity contribution in [2.45, 2.75) is 38.9 Å². The molecule has 0 bridgehead atoms. The lowest BCUT2D eigenvalue weighted by Crippen LogP contribution is -2.29. The smallest absolute Gasteiger partial charge is 0.339 e. The van der Waals surface area contributed by atoms with Crippen molar-refractivity contribution in [2.24, 2.45) is 0 Å². The van der Waals surface area contributed by atoms with Crippen LogP contribution in [0.2, 0.25) is 0 Å². The Labute approximate surface area is 129 Å². The molecule has 0 amide bonds. The van der Waals surface area contributed by atoms with Gasteiger partial charge in [0.25, 0.3) is 0 Å². The van der Waals surface area contributed by atoms with Crippen LogP contribution in [0.15, 0.2) is 24.3 Å². The minimum atomic E-state index is -1.16. The summed E-state index contributed by atoms with van der Waals surface area (Å²) < 4.78 is 9.97. The molecule has 0 aliphatic rings. The molecule has 0 radical (unpaired) electrons. The lowest BCUT2D eigenvalue weighted by atomic mass is 10.1. The number of carbonyl (C=O) groups excluding carboxylic acids is 2. The van der Waals surface area contributed by atoms with Crippen LogP contribution >= 0.6 is 0 Å². The minimum Gasteiger partial charge on any atom is -0.459 e. The maximum atomic E-state index is 12.0. The molecule has 0 spiro atoms. The molecule has 0 saturated heterocycles. The second-order valence-electron chi connectivity index (χ2n) is 6.32. The average molecular weight is 310 g/mol. The third-order valence-electron chi connectivity index (χ3n) is 2.48. The molecule has 1 aromatic carbocycles. The van der Waals surface area contributed by atoms with Gasteiger partial charge in [-0.3, -0.25) is 0 Å². The number of hydrogen-bond donors (Lipinski definition) is 2. The van der Waals surface area contributed by atoms with Gasteiger partial charge in [0.1, 0.15) is 13.2 Å². The van der Waals surface area contributed by atoms with E-state index in [0.717, 1.165) is 0 Å². The molecule has 122 valence electrons. The fourth-order valence-electron chi connectivity index (χ4n) is 1.48. The minimum absolute atomic E-state index is 0.0486. The van der Waals surface area contributed by atoms with Crippen molar-refractivity contribution in [1.29, 1.82) is 0 Å². The summed E-state index contributed by atoms with van der Waals surface area (Å²) in [5, 5.41) is 19.1. The SMILES string of the molecule is CC(C)(O)COC(=O)c1ccccc1C(=O)OCC(C)(C)O. The Morgan fingerprint density at radius 1 is 0.864 bits per heavy atom. The topological polar surface area (TPSA) is 93.1 Å². The van der Waals surface area contributed by atoms with Crippen molar-refractivity contribution in [3.63, 3.8) is 0 Å². The molecule has 0 fully saturated rings. The van der Waals surface area contributed by atoms with Crippen molar-refractivity contribution in [1.82, 2.24) is 0 Å². The molecule has 6 heteroatoms. The van der Waals surface area contributed by atoms with E-state index in [2.05, 4.69) is 0 Å². The Kier molecular flexibility index (Phi) is 5.68. The molecule has 0 unspecified atom stereocenters. The first-order valence-corrected chi connectivity index (χ1v) is 6.88. The maximum Gasteiger partial charge on any atom is 0.339 e. The van der Waals surface area contributed by atoms with Crippen molar-refractivity contribution >= 4 is 11.9 Å². The lowest BCUT2D eigenvalue weighted by molar-refractivity contribution is -0.0123. The zero-order valence-electron chi connectivity index (χ0n) is 13.3. The van der Waals surface area contributed by atoms with Gasteiger partial charge in [-0.2, -0.15) is 0 Å². The zero-order valence-corrected chi connectivity index (χ0v) is 13.3. The second kappa shape index (κ2) is 6.89. The fraction of sp³-hybridized carbons (Fsp3) is 0.500. The van der Waals surface area contributed by atoms with E-state index in [4.69, 9.17) is 9.47 Å². The van der Waals surface area contributed by atoms with Crippen LogP contribution in [0, 0.1) is 0 Å². The average Bonchev–Trinajstić information content (AvgIpc) is 2.40. The predicted molar refractivity (Wildman–Crippen MR) is 79.6 cm³/mol. The van der Waals surface area contributed by atoms with E-state index in [1.54, 1.807) is 12.1 Å². The van der Waals surface area contributed by atoms with Crippen LogP contribution in [-0.4, -0.2) is 46.6 Å². The third-order valence-corrected chi connectivity index (χ3v) is 2.48. The zero-order chi connectivity index (χ0) is 17.0. The molecule has 6 nitrogen and oxygen atoms in total. The van der Waals surface area contributed by atoms with Gasteiger partial charge >= 0.3 is 11.9 Å². The summed E-state index contributed by atoms with van der Waals surface area (Å²) in [4.78, 5) is 24.1. The van der Waals surface area contributed by atoms with Gasteiger partial charge in [0.05, 0.1) is 22.3 Å². The molecule has 1 rings (SSSR count). The first-order valence-electron chi connectivity index (χ1n) is 6.88. The Morgan fingerprint density at radius 2 is 1.18 bits per heavy atom. The molecule has 22 heavy (non-hydrogen) atoms. The third kappa shape index (κ3) is 6.24. The van der Waals surface area contributed by atoms with E-state index >= 15 is 0 Å². The molecule has 0 heterocycles. The largest absolute Gasteiger partial charge is 0.459 e. The van der Waals surface area contributed by atoms with Crippen LogP contribution < -0.4 is 0 Å². The van der Waals surface area contributed by atoms with E-state index in [1.165, 1.54) is 39.8 Å². The van der Waals surface area contributed by atoms with Crippen molar-refractivity contribution < 1.29 is 29.3 Å². The van der Waals surface area contributed by atoms with Gasteiger partial charge in [-0.25, -0.2) is 9.59 Å². The molecular weight excluding hydrogens is 288 g/mol. The van der Waals surface area contributed by atoms with E-state index < -0.39 is 23.1 Å². The number of benzene rings is 1. The van der Waals surface area contributed by atoms with Crippen molar-refractivity contribution in [3.8, 4) is 0 Å². The highest BCUT2D eigenvalue weighted by molar-refractivity contribution is 6.03. The number of esters is 2. The lowest BCUT2D eigenvalue weighted by Gasteiger charge is -2.18. The van der Waals surface area contributed by atoms with Crippen LogP contribution in [0.4, 0.5) is 0 Å².